The van der Waals surface area contributed by atoms with Crippen molar-refractivity contribution in [3.63, 3.8) is 0 Å². The van der Waals surface area contributed by atoms with E-state index in [2.05, 4.69) is 25.7 Å². The molecule has 35 heavy (non-hydrogen) atoms. The molecule has 3 aromatic rings. The number of halogens is 1. The van der Waals surface area contributed by atoms with Crippen molar-refractivity contribution < 1.29 is 18.7 Å². The third-order valence-corrected chi connectivity index (χ3v) is 5.85. The average molecular weight is 478 g/mol. The molecule has 1 saturated heterocycles. The molecule has 0 spiro atoms. The van der Waals surface area contributed by atoms with Gasteiger partial charge in [-0.25, -0.2) is 4.39 Å². The fourth-order valence-electron chi connectivity index (χ4n) is 3.91. The number of benzene rings is 2. The minimum Gasteiger partial charge on any atom is -0.492 e. The van der Waals surface area contributed by atoms with Crippen LogP contribution in [0.5, 0.6) is 5.75 Å². The van der Waals surface area contributed by atoms with Gasteiger partial charge in [0.25, 0.3) is 0 Å². The zero-order valence-electron chi connectivity index (χ0n) is 19.5. The first kappa shape index (κ1) is 24.1. The molecular weight excluding hydrogens is 449 g/mol. The van der Waals surface area contributed by atoms with Crippen LogP contribution in [0.2, 0.25) is 0 Å². The predicted octanol–water partition coefficient (Wildman–Crippen LogP) is 3.65. The molecule has 8 nitrogen and oxygen atoms in total. The fraction of sp³-hybridized carbons (Fsp3) is 0.308. The molecule has 2 aromatic carbocycles. The molecule has 0 bridgehead atoms. The molecule has 0 radical (unpaired) electrons. The number of rotatable bonds is 8. The van der Waals surface area contributed by atoms with E-state index in [1.54, 1.807) is 36.4 Å². The number of hydrogen-bond donors (Lipinski definition) is 2. The molecule has 1 fully saturated rings. The maximum absolute atomic E-state index is 13.1. The monoisotopic (exact) mass is 477 g/mol. The van der Waals surface area contributed by atoms with Gasteiger partial charge >= 0.3 is 0 Å². The number of aromatic nitrogens is 2. The summed E-state index contributed by atoms with van der Waals surface area (Å²) in [5.74, 6) is 0.988. The Labute approximate surface area is 203 Å². The summed E-state index contributed by atoms with van der Waals surface area (Å²) >= 11 is 0. The van der Waals surface area contributed by atoms with E-state index in [9.17, 15) is 14.0 Å². The lowest BCUT2D eigenvalue weighted by Gasteiger charge is -2.31. The van der Waals surface area contributed by atoms with E-state index >= 15 is 0 Å². The number of ether oxygens (including phenoxy) is 1. The Hall–Kier alpha value is -4.01. The summed E-state index contributed by atoms with van der Waals surface area (Å²) in [5, 5.41) is 14.3. The molecule has 0 atom stereocenters. The van der Waals surface area contributed by atoms with Crippen molar-refractivity contribution in [3.05, 3.63) is 66.5 Å². The molecule has 0 unspecified atom stereocenters. The number of nitrogens with zero attached hydrogens (tertiary/aromatic N) is 3. The summed E-state index contributed by atoms with van der Waals surface area (Å²) in [6, 6.07) is 17.1. The normalized spacial score (nSPS) is 13.8. The Kier molecular flexibility index (Phi) is 7.87. The van der Waals surface area contributed by atoms with Crippen LogP contribution in [0.4, 0.5) is 15.9 Å². The van der Waals surface area contributed by atoms with E-state index in [1.807, 2.05) is 12.1 Å². The van der Waals surface area contributed by atoms with Gasteiger partial charge in [0, 0.05) is 37.2 Å². The van der Waals surface area contributed by atoms with Crippen molar-refractivity contribution in [2.24, 2.45) is 5.92 Å². The maximum Gasteiger partial charge on any atom is 0.227 e. The van der Waals surface area contributed by atoms with Crippen LogP contribution in [0.15, 0.2) is 60.7 Å². The van der Waals surface area contributed by atoms with Gasteiger partial charge in [-0.3, -0.25) is 9.59 Å². The fourth-order valence-corrected chi connectivity index (χ4v) is 3.91. The third kappa shape index (κ3) is 6.75. The quantitative estimate of drug-likeness (QED) is 0.481. The molecule has 2 N–H and O–H groups in total. The van der Waals surface area contributed by atoms with E-state index in [0.717, 1.165) is 24.2 Å². The van der Waals surface area contributed by atoms with Gasteiger partial charge in [-0.2, -0.15) is 0 Å². The van der Waals surface area contributed by atoms with Gasteiger partial charge in [0.1, 0.15) is 18.2 Å². The van der Waals surface area contributed by atoms with Crippen LogP contribution in [0.3, 0.4) is 0 Å². The lowest BCUT2D eigenvalue weighted by molar-refractivity contribution is -0.120. The zero-order chi connectivity index (χ0) is 24.6. The molecule has 182 valence electrons. The Morgan fingerprint density at radius 1 is 1.00 bits per heavy atom. The Morgan fingerprint density at radius 2 is 1.71 bits per heavy atom. The van der Waals surface area contributed by atoms with Crippen LogP contribution in [0, 0.1) is 11.7 Å². The molecule has 0 aliphatic carbocycles. The van der Waals surface area contributed by atoms with Gasteiger partial charge in [0.2, 0.25) is 11.8 Å². The molecule has 0 saturated carbocycles. The summed E-state index contributed by atoms with van der Waals surface area (Å²) in [5.41, 5.74) is 2.21. The lowest BCUT2D eigenvalue weighted by atomic mass is 9.95. The first-order chi connectivity index (χ1) is 17.0. The number of piperidine rings is 1. The van der Waals surface area contributed by atoms with Gasteiger partial charge in [-0.1, -0.05) is 0 Å². The molecule has 1 aromatic heterocycles. The van der Waals surface area contributed by atoms with E-state index in [4.69, 9.17) is 4.74 Å². The molecule has 1 aliphatic rings. The number of amides is 2. The number of nitrogens with one attached hydrogen (secondary N) is 2. The summed E-state index contributed by atoms with van der Waals surface area (Å²) < 4.78 is 18.7. The molecule has 4 rings (SSSR count). The minimum absolute atomic E-state index is 0.00159. The number of hydrogen-bond acceptors (Lipinski definition) is 6. The van der Waals surface area contributed by atoms with Gasteiger partial charge in [0.15, 0.2) is 5.82 Å². The number of carbonyl (C=O) groups excluding carboxylic acids is 2. The minimum atomic E-state index is -0.286. The second-order valence-corrected chi connectivity index (χ2v) is 8.39. The van der Waals surface area contributed by atoms with Crippen molar-refractivity contribution in [2.45, 2.75) is 19.8 Å². The Balaban J connectivity index is 1.23. The van der Waals surface area contributed by atoms with Gasteiger partial charge in [0.05, 0.1) is 12.2 Å². The second kappa shape index (κ2) is 11.4. The van der Waals surface area contributed by atoms with Gasteiger partial charge in [-0.05, 0) is 73.5 Å². The molecule has 2 heterocycles. The van der Waals surface area contributed by atoms with E-state index in [1.165, 1.54) is 19.1 Å². The highest BCUT2D eigenvalue weighted by Crippen LogP contribution is 2.25. The topological polar surface area (TPSA) is 96.5 Å². The highest BCUT2D eigenvalue weighted by atomic mass is 19.1. The van der Waals surface area contributed by atoms with E-state index in [-0.39, 0.29) is 23.5 Å². The van der Waals surface area contributed by atoms with Crippen molar-refractivity contribution in [1.82, 2.24) is 15.5 Å². The molecule has 1 aliphatic heterocycles. The average Bonchev–Trinajstić information content (AvgIpc) is 2.88. The number of anilines is 2. The Morgan fingerprint density at radius 3 is 2.34 bits per heavy atom. The van der Waals surface area contributed by atoms with Crippen molar-refractivity contribution in [3.8, 4) is 17.0 Å². The predicted molar refractivity (Wildman–Crippen MR) is 132 cm³/mol. The number of carbonyl (C=O) groups is 2. The van der Waals surface area contributed by atoms with Crippen molar-refractivity contribution >= 4 is 23.3 Å². The van der Waals surface area contributed by atoms with E-state index in [0.29, 0.717) is 43.4 Å². The van der Waals surface area contributed by atoms with Crippen LogP contribution >= 0.6 is 0 Å². The summed E-state index contributed by atoms with van der Waals surface area (Å²) in [7, 11) is 0. The highest BCUT2D eigenvalue weighted by molar-refractivity contribution is 5.92. The highest BCUT2D eigenvalue weighted by Gasteiger charge is 2.26. The summed E-state index contributed by atoms with van der Waals surface area (Å²) in [4.78, 5) is 25.7. The molecule has 9 heteroatoms. The largest absolute Gasteiger partial charge is 0.492 e. The van der Waals surface area contributed by atoms with Crippen LogP contribution in [0.25, 0.3) is 11.3 Å². The smallest absolute Gasteiger partial charge is 0.227 e. The summed E-state index contributed by atoms with van der Waals surface area (Å²) in [6.07, 6.45) is 1.44. The van der Waals surface area contributed by atoms with Crippen molar-refractivity contribution in [2.75, 3.05) is 36.5 Å². The third-order valence-electron chi connectivity index (χ3n) is 5.85. The van der Waals surface area contributed by atoms with Gasteiger partial charge in [-0.15, -0.1) is 10.2 Å². The van der Waals surface area contributed by atoms with Crippen molar-refractivity contribution in [1.29, 1.82) is 0 Å². The van der Waals surface area contributed by atoms with E-state index < -0.39 is 0 Å². The zero-order valence-corrected chi connectivity index (χ0v) is 19.5. The maximum atomic E-state index is 13.1. The lowest BCUT2D eigenvalue weighted by Crippen LogP contribution is -2.38. The summed E-state index contributed by atoms with van der Waals surface area (Å²) in [6.45, 7) is 3.71. The SMILES string of the molecule is CC(=O)NCCOc1ccc(NC(=O)C2CCN(c3ccc(-c4ccc(F)cc4)nn3)CC2)cc1. The van der Waals surface area contributed by atoms with Crippen LogP contribution in [-0.2, 0) is 9.59 Å². The van der Waals surface area contributed by atoms with Crippen LogP contribution in [-0.4, -0.2) is 48.3 Å². The first-order valence-electron chi connectivity index (χ1n) is 11.6. The van der Waals surface area contributed by atoms with Crippen LogP contribution < -0.4 is 20.3 Å². The molecular formula is C26H28FN5O3. The molecule has 2 amide bonds. The standard InChI is InChI=1S/C26H28FN5O3/c1-18(33)28-14-17-35-23-8-6-22(7-9-23)29-26(34)20-12-15-32(16-13-20)25-11-10-24(30-31-25)19-2-4-21(27)5-3-19/h2-11,20H,12-17H2,1H3,(H,28,33)(H,29,34). The Bertz CT molecular complexity index is 1130. The second-order valence-electron chi connectivity index (χ2n) is 8.39. The van der Waals surface area contributed by atoms with Gasteiger partial charge < -0.3 is 20.3 Å². The van der Waals surface area contributed by atoms with Crippen LogP contribution in [0.1, 0.15) is 19.8 Å². The first-order valence-corrected chi connectivity index (χ1v) is 11.6.